The van der Waals surface area contributed by atoms with Crippen LogP contribution in [-0.4, -0.2) is 13.1 Å². The molecule has 7 heavy (non-hydrogen) atoms. The third kappa shape index (κ3) is 1.27. The highest BCUT2D eigenvalue weighted by molar-refractivity contribution is 6.29. The molecule has 0 amide bonds. The van der Waals surface area contributed by atoms with Gasteiger partial charge in [0.25, 0.3) is 0 Å². The number of halogens is 1. The Balaban J connectivity index is 2.40. The van der Waals surface area contributed by atoms with Crippen molar-refractivity contribution in [3.05, 3.63) is 11.4 Å². The van der Waals surface area contributed by atoms with Crippen molar-refractivity contribution in [1.29, 1.82) is 0 Å². The predicted octanol–water partition coefficient (Wildman–Crippen LogP) is 0.217. The summed E-state index contributed by atoms with van der Waals surface area (Å²) >= 11 is 5.50. The van der Waals surface area contributed by atoms with E-state index in [9.17, 15) is 0 Å². The lowest BCUT2D eigenvalue weighted by Crippen LogP contribution is -2.28. The molecule has 40 valence electrons. The molecule has 0 saturated heterocycles. The highest BCUT2D eigenvalue weighted by Crippen LogP contribution is 1.93. The molecule has 0 spiro atoms. The summed E-state index contributed by atoms with van der Waals surface area (Å²) in [6, 6.07) is 0. The first kappa shape index (κ1) is 4.78. The van der Waals surface area contributed by atoms with Crippen LogP contribution in [0.2, 0.25) is 0 Å². The van der Waals surface area contributed by atoms with E-state index in [0.29, 0.717) is 5.16 Å². The molecule has 0 atom stereocenters. The number of hydrogen-bond acceptors (Lipinski definition) is 2. The molecule has 0 bridgehead atoms. The van der Waals surface area contributed by atoms with E-state index >= 15 is 0 Å². The van der Waals surface area contributed by atoms with Crippen LogP contribution in [0.4, 0.5) is 0 Å². The van der Waals surface area contributed by atoms with E-state index < -0.39 is 0 Å². The second-order valence-corrected chi connectivity index (χ2v) is 1.78. The zero-order valence-corrected chi connectivity index (χ0v) is 4.63. The zero-order chi connectivity index (χ0) is 5.11. The van der Waals surface area contributed by atoms with Crippen LogP contribution in [0.1, 0.15) is 0 Å². The molecule has 0 fully saturated rings. The minimum atomic E-state index is 0.700. The van der Waals surface area contributed by atoms with Gasteiger partial charge in [0.1, 0.15) is 5.16 Å². The molecule has 0 radical (unpaired) electrons. The third-order valence-corrected chi connectivity index (χ3v) is 1.03. The summed E-state index contributed by atoms with van der Waals surface area (Å²) in [7, 11) is 0. The molecule has 3 heteroatoms. The summed E-state index contributed by atoms with van der Waals surface area (Å²) in [5, 5.41) is 6.62. The highest BCUT2D eigenvalue weighted by atomic mass is 35.5. The Labute approximate surface area is 47.5 Å². The van der Waals surface area contributed by atoms with Gasteiger partial charge in [0.15, 0.2) is 0 Å². The Kier molecular flexibility index (Phi) is 1.42. The molecule has 0 saturated carbocycles. The van der Waals surface area contributed by atoms with Gasteiger partial charge in [0.05, 0.1) is 0 Å². The zero-order valence-electron chi connectivity index (χ0n) is 3.87. The Bertz CT molecular complexity index is 89.7. The van der Waals surface area contributed by atoms with Crippen molar-refractivity contribution >= 4 is 11.6 Å². The second kappa shape index (κ2) is 2.07. The smallest absolute Gasteiger partial charge is 0.118 e. The summed E-state index contributed by atoms with van der Waals surface area (Å²) in [5.41, 5.74) is 0. The fraction of sp³-hybridized carbons (Fsp3) is 0.500. The van der Waals surface area contributed by atoms with Gasteiger partial charge in [-0.25, -0.2) is 0 Å². The van der Waals surface area contributed by atoms with Crippen LogP contribution in [0.3, 0.4) is 0 Å². The first-order valence-electron chi connectivity index (χ1n) is 2.22. The summed E-state index contributed by atoms with van der Waals surface area (Å²) in [4.78, 5) is 0. The Morgan fingerprint density at radius 1 is 1.57 bits per heavy atom. The van der Waals surface area contributed by atoms with Crippen LogP contribution in [-0.2, 0) is 0 Å². The summed E-state index contributed by atoms with van der Waals surface area (Å²) in [6.45, 7) is 1.89. The minimum Gasteiger partial charge on any atom is -0.387 e. The van der Waals surface area contributed by atoms with E-state index in [1.165, 1.54) is 0 Å². The second-order valence-electron chi connectivity index (χ2n) is 1.37. The molecule has 1 aliphatic heterocycles. The quantitative estimate of drug-likeness (QED) is 0.445. The van der Waals surface area contributed by atoms with Crippen LogP contribution in [0.25, 0.3) is 0 Å². The van der Waals surface area contributed by atoms with E-state index in [4.69, 9.17) is 11.6 Å². The normalized spacial score (nSPS) is 19.3. The first-order valence-corrected chi connectivity index (χ1v) is 2.60. The van der Waals surface area contributed by atoms with Crippen LogP contribution < -0.4 is 10.6 Å². The van der Waals surface area contributed by atoms with Crippen molar-refractivity contribution in [1.82, 2.24) is 10.6 Å². The molecule has 2 nitrogen and oxygen atoms in total. The maximum absolute atomic E-state index is 5.50. The highest BCUT2D eigenvalue weighted by Gasteiger charge is 1.93. The maximum Gasteiger partial charge on any atom is 0.118 e. The largest absolute Gasteiger partial charge is 0.387 e. The van der Waals surface area contributed by atoms with Crippen molar-refractivity contribution in [2.75, 3.05) is 13.1 Å². The SMILES string of the molecule is ClC1=CNCCN1. The molecule has 0 aliphatic carbocycles. The van der Waals surface area contributed by atoms with Crippen molar-refractivity contribution in [3.8, 4) is 0 Å². The average molecular weight is 119 g/mol. The predicted molar refractivity (Wildman–Crippen MR) is 29.9 cm³/mol. The monoisotopic (exact) mass is 118 g/mol. The Morgan fingerprint density at radius 3 is 2.71 bits per heavy atom. The Hall–Kier alpha value is -0.370. The molecular formula is C4H7ClN2. The van der Waals surface area contributed by atoms with E-state index in [2.05, 4.69) is 10.6 Å². The molecule has 0 aromatic carbocycles. The van der Waals surface area contributed by atoms with Crippen molar-refractivity contribution in [3.63, 3.8) is 0 Å². The molecule has 2 N–H and O–H groups in total. The molecular weight excluding hydrogens is 112 g/mol. The molecule has 1 rings (SSSR count). The maximum atomic E-state index is 5.50. The lowest BCUT2D eigenvalue weighted by atomic mass is 10.5. The lowest BCUT2D eigenvalue weighted by Gasteiger charge is -2.10. The molecule has 1 heterocycles. The standard InChI is InChI=1S/C4H7ClN2/c5-4-3-6-1-2-7-4/h3,6-7H,1-2H2. The van der Waals surface area contributed by atoms with Gasteiger partial charge < -0.3 is 10.6 Å². The number of nitrogens with one attached hydrogen (secondary N) is 2. The van der Waals surface area contributed by atoms with Crippen LogP contribution in [0, 0.1) is 0 Å². The fourth-order valence-electron chi connectivity index (χ4n) is 0.467. The topological polar surface area (TPSA) is 24.1 Å². The van der Waals surface area contributed by atoms with Gasteiger partial charge in [-0.2, -0.15) is 0 Å². The summed E-state index contributed by atoms with van der Waals surface area (Å²) in [5.74, 6) is 0. The Morgan fingerprint density at radius 2 is 2.43 bits per heavy atom. The average Bonchev–Trinajstić information content (AvgIpc) is 1.69. The van der Waals surface area contributed by atoms with E-state index in [-0.39, 0.29) is 0 Å². The van der Waals surface area contributed by atoms with Crippen LogP contribution in [0.15, 0.2) is 11.4 Å². The number of rotatable bonds is 0. The first-order chi connectivity index (χ1) is 3.39. The minimum absolute atomic E-state index is 0.700. The molecule has 0 unspecified atom stereocenters. The van der Waals surface area contributed by atoms with Crippen molar-refractivity contribution in [2.45, 2.75) is 0 Å². The summed E-state index contributed by atoms with van der Waals surface area (Å²) in [6.07, 6.45) is 1.76. The molecule has 1 aliphatic rings. The van der Waals surface area contributed by atoms with Crippen molar-refractivity contribution < 1.29 is 0 Å². The third-order valence-electron chi connectivity index (χ3n) is 0.792. The van der Waals surface area contributed by atoms with Gasteiger partial charge in [0.2, 0.25) is 0 Å². The van der Waals surface area contributed by atoms with Crippen LogP contribution >= 0.6 is 11.6 Å². The van der Waals surface area contributed by atoms with Gasteiger partial charge in [-0.15, -0.1) is 0 Å². The molecule has 0 aromatic rings. The van der Waals surface area contributed by atoms with Gasteiger partial charge in [-0.05, 0) is 0 Å². The lowest BCUT2D eigenvalue weighted by molar-refractivity contribution is 0.712. The van der Waals surface area contributed by atoms with E-state index in [1.807, 2.05) is 0 Å². The van der Waals surface area contributed by atoms with Gasteiger partial charge in [0, 0.05) is 19.3 Å². The molecule has 0 aromatic heterocycles. The van der Waals surface area contributed by atoms with E-state index in [0.717, 1.165) is 13.1 Å². The van der Waals surface area contributed by atoms with Crippen molar-refractivity contribution in [2.24, 2.45) is 0 Å². The fourth-order valence-corrected chi connectivity index (χ4v) is 0.639. The van der Waals surface area contributed by atoms with E-state index in [1.54, 1.807) is 6.20 Å². The van der Waals surface area contributed by atoms with Gasteiger partial charge in [-0.3, -0.25) is 0 Å². The van der Waals surface area contributed by atoms with Crippen LogP contribution in [0.5, 0.6) is 0 Å². The van der Waals surface area contributed by atoms with Gasteiger partial charge >= 0.3 is 0 Å². The van der Waals surface area contributed by atoms with Gasteiger partial charge in [-0.1, -0.05) is 11.6 Å². The summed E-state index contributed by atoms with van der Waals surface area (Å²) < 4.78 is 0. The number of hydrogen-bond donors (Lipinski definition) is 2.